The molecule has 0 N–H and O–H groups in total. The molecule has 1 rings (SSSR count). The van der Waals surface area contributed by atoms with Gasteiger partial charge in [0.15, 0.2) is 0 Å². The first kappa shape index (κ1) is 13.7. The minimum atomic E-state index is -1.52. The van der Waals surface area contributed by atoms with E-state index >= 15 is 0 Å². The number of nitrogens with zero attached hydrogens (tertiary/aromatic N) is 1. The van der Waals surface area contributed by atoms with Gasteiger partial charge in [0.25, 0.3) is 5.69 Å². The fraction of sp³-hybridized carbons (Fsp3) is 0.125. The molecular formula is C8H6KNO4. The third-order valence-electron chi connectivity index (χ3n) is 1.65. The zero-order valence-electron chi connectivity index (χ0n) is 7.81. The number of carbonyl (C=O) groups is 1. The Balaban J connectivity index is 0.00000169. The van der Waals surface area contributed by atoms with Gasteiger partial charge < -0.3 is 9.90 Å². The Kier molecular flexibility index (Phi) is 5.46. The molecule has 0 aliphatic carbocycles. The van der Waals surface area contributed by atoms with Crippen LogP contribution in [0.2, 0.25) is 0 Å². The number of rotatable bonds is 2. The van der Waals surface area contributed by atoms with E-state index in [-0.39, 0.29) is 56.9 Å². The molecule has 68 valence electrons. The van der Waals surface area contributed by atoms with Crippen molar-refractivity contribution in [3.05, 3.63) is 39.4 Å². The van der Waals surface area contributed by atoms with Crippen LogP contribution in [0, 0.1) is 17.0 Å². The molecule has 0 bridgehead atoms. The fourth-order valence-electron chi connectivity index (χ4n) is 1.07. The van der Waals surface area contributed by atoms with Crippen LogP contribution in [-0.4, -0.2) is 10.9 Å². The van der Waals surface area contributed by atoms with Crippen molar-refractivity contribution in [1.82, 2.24) is 0 Å². The summed E-state index contributed by atoms with van der Waals surface area (Å²) in [5, 5.41) is 20.9. The number of benzene rings is 1. The average Bonchev–Trinajstić information content (AvgIpc) is 2.02. The minimum Gasteiger partial charge on any atom is -0.545 e. The summed E-state index contributed by atoms with van der Waals surface area (Å²) in [7, 11) is 0. The SMILES string of the molecule is Cc1cccc([N+](=O)[O-])c1C(=O)[O-].[K+]. The molecule has 0 saturated heterocycles. The van der Waals surface area contributed by atoms with Crippen LogP contribution in [0.25, 0.3) is 0 Å². The molecule has 0 aliphatic rings. The van der Waals surface area contributed by atoms with E-state index < -0.39 is 16.6 Å². The van der Waals surface area contributed by atoms with E-state index in [0.717, 1.165) is 6.07 Å². The topological polar surface area (TPSA) is 83.3 Å². The van der Waals surface area contributed by atoms with Gasteiger partial charge in [0.05, 0.1) is 16.5 Å². The van der Waals surface area contributed by atoms with E-state index in [4.69, 9.17) is 0 Å². The third-order valence-corrected chi connectivity index (χ3v) is 1.65. The number of carboxylic acid groups (broad SMARTS) is 1. The van der Waals surface area contributed by atoms with Crippen molar-refractivity contribution in [2.75, 3.05) is 0 Å². The number of nitro groups is 1. The average molecular weight is 219 g/mol. The summed E-state index contributed by atoms with van der Waals surface area (Å²) in [6.45, 7) is 1.48. The van der Waals surface area contributed by atoms with Crippen molar-refractivity contribution in [3.63, 3.8) is 0 Å². The van der Waals surface area contributed by atoms with Crippen LogP contribution < -0.4 is 56.5 Å². The van der Waals surface area contributed by atoms with Crippen molar-refractivity contribution in [1.29, 1.82) is 0 Å². The second-order valence-electron chi connectivity index (χ2n) is 2.51. The van der Waals surface area contributed by atoms with Gasteiger partial charge in [-0.05, 0) is 12.5 Å². The van der Waals surface area contributed by atoms with Crippen molar-refractivity contribution in [2.24, 2.45) is 0 Å². The summed E-state index contributed by atoms with van der Waals surface area (Å²) < 4.78 is 0. The van der Waals surface area contributed by atoms with Crippen LogP contribution in [0.1, 0.15) is 15.9 Å². The van der Waals surface area contributed by atoms with Gasteiger partial charge in [0.2, 0.25) is 0 Å². The quantitative estimate of drug-likeness (QED) is 0.307. The Labute approximate surface area is 123 Å². The Morgan fingerprint density at radius 3 is 2.36 bits per heavy atom. The number of carbonyl (C=O) groups excluding carboxylic acids is 1. The largest absolute Gasteiger partial charge is 1.00 e. The van der Waals surface area contributed by atoms with E-state index in [2.05, 4.69) is 0 Å². The van der Waals surface area contributed by atoms with Gasteiger partial charge in [0, 0.05) is 6.07 Å². The molecule has 0 fully saturated rings. The molecule has 14 heavy (non-hydrogen) atoms. The van der Waals surface area contributed by atoms with Gasteiger partial charge in [-0.1, -0.05) is 12.1 Å². The molecule has 1 aromatic carbocycles. The van der Waals surface area contributed by atoms with Gasteiger partial charge in [0.1, 0.15) is 0 Å². The maximum atomic E-state index is 10.5. The van der Waals surface area contributed by atoms with Gasteiger partial charge in [-0.3, -0.25) is 10.1 Å². The summed E-state index contributed by atoms with van der Waals surface area (Å²) in [5.41, 5.74) is -0.457. The van der Waals surface area contributed by atoms with Crippen LogP contribution in [0.3, 0.4) is 0 Å². The van der Waals surface area contributed by atoms with E-state index in [9.17, 15) is 20.0 Å². The van der Waals surface area contributed by atoms with Gasteiger partial charge in [-0.15, -0.1) is 0 Å². The van der Waals surface area contributed by atoms with Crippen LogP contribution in [-0.2, 0) is 0 Å². The molecule has 0 aliphatic heterocycles. The molecule has 0 aromatic heterocycles. The summed E-state index contributed by atoms with van der Waals surface area (Å²) in [6.07, 6.45) is 0. The predicted octanol–water partition coefficient (Wildman–Crippen LogP) is -2.73. The Morgan fingerprint density at radius 1 is 1.43 bits per heavy atom. The first-order chi connectivity index (χ1) is 6.04. The molecular weight excluding hydrogens is 213 g/mol. The van der Waals surface area contributed by atoms with E-state index in [1.165, 1.54) is 19.1 Å². The minimum absolute atomic E-state index is 0. The van der Waals surface area contributed by atoms with Crippen molar-refractivity contribution < 1.29 is 66.2 Å². The number of carboxylic acids is 1. The molecule has 0 atom stereocenters. The molecule has 0 saturated carbocycles. The van der Waals surface area contributed by atoms with Gasteiger partial charge >= 0.3 is 51.4 Å². The zero-order valence-corrected chi connectivity index (χ0v) is 10.9. The maximum absolute atomic E-state index is 10.5. The second kappa shape index (κ2) is 5.57. The van der Waals surface area contributed by atoms with Gasteiger partial charge in [-0.2, -0.15) is 0 Å². The Bertz CT molecular complexity index is 378. The summed E-state index contributed by atoms with van der Waals surface area (Å²) in [6, 6.07) is 4.05. The molecule has 0 amide bonds. The first-order valence-corrected chi connectivity index (χ1v) is 3.49. The Hall–Kier alpha value is -0.274. The Morgan fingerprint density at radius 2 is 2.00 bits per heavy atom. The van der Waals surface area contributed by atoms with Crippen LogP contribution >= 0.6 is 0 Å². The van der Waals surface area contributed by atoms with E-state index in [1.807, 2.05) is 0 Å². The van der Waals surface area contributed by atoms with Gasteiger partial charge in [-0.25, -0.2) is 0 Å². The fourth-order valence-corrected chi connectivity index (χ4v) is 1.07. The van der Waals surface area contributed by atoms with Crippen LogP contribution in [0.15, 0.2) is 18.2 Å². The number of aryl methyl sites for hydroxylation is 1. The summed E-state index contributed by atoms with van der Waals surface area (Å²) >= 11 is 0. The normalized spacial score (nSPS) is 8.93. The van der Waals surface area contributed by atoms with E-state index in [0.29, 0.717) is 5.56 Å². The molecule has 0 heterocycles. The predicted molar refractivity (Wildman–Crippen MR) is 42.2 cm³/mol. The smallest absolute Gasteiger partial charge is 0.545 e. The monoisotopic (exact) mass is 219 g/mol. The summed E-state index contributed by atoms with van der Waals surface area (Å²) in [4.78, 5) is 20.2. The number of hydrogen-bond donors (Lipinski definition) is 0. The van der Waals surface area contributed by atoms with E-state index in [1.54, 1.807) is 0 Å². The maximum Gasteiger partial charge on any atom is 1.00 e. The molecule has 1 aromatic rings. The standard InChI is InChI=1S/C8H7NO4.K/c1-5-3-2-4-6(9(12)13)7(5)8(10)11;/h2-4H,1H3,(H,10,11);/q;+1/p-1. The molecule has 5 nitrogen and oxygen atoms in total. The van der Waals surface area contributed by atoms with Crippen LogP contribution in [0.4, 0.5) is 5.69 Å². The molecule has 0 radical (unpaired) electrons. The number of nitro benzene ring substituents is 1. The van der Waals surface area contributed by atoms with Crippen molar-refractivity contribution in [3.8, 4) is 0 Å². The zero-order chi connectivity index (χ0) is 10.0. The molecule has 0 unspecified atom stereocenters. The van der Waals surface area contributed by atoms with Crippen molar-refractivity contribution in [2.45, 2.75) is 6.92 Å². The molecule has 0 spiro atoms. The molecule has 6 heteroatoms. The first-order valence-electron chi connectivity index (χ1n) is 3.49. The second-order valence-corrected chi connectivity index (χ2v) is 2.51. The third kappa shape index (κ3) is 2.86. The van der Waals surface area contributed by atoms with Crippen LogP contribution in [0.5, 0.6) is 0 Å². The number of aromatic carboxylic acids is 1. The summed E-state index contributed by atoms with van der Waals surface area (Å²) in [5.74, 6) is -1.52. The van der Waals surface area contributed by atoms with Crippen molar-refractivity contribution >= 4 is 11.7 Å². The number of hydrogen-bond acceptors (Lipinski definition) is 4.